The summed E-state index contributed by atoms with van der Waals surface area (Å²) in [5, 5.41) is 12.0. The number of fused-ring (bicyclic) bond motifs is 1. The molecule has 3 aromatic rings. The number of ether oxygens (including phenoxy) is 1. The van der Waals surface area contributed by atoms with Gasteiger partial charge in [-0.25, -0.2) is 0 Å². The molecular weight excluding hydrogens is 260 g/mol. The molecule has 0 saturated heterocycles. The Morgan fingerprint density at radius 2 is 2.00 bits per heavy atom. The first-order valence-electron chi connectivity index (χ1n) is 5.98. The molecule has 0 aliphatic heterocycles. The van der Waals surface area contributed by atoms with Crippen molar-refractivity contribution in [2.75, 3.05) is 0 Å². The summed E-state index contributed by atoms with van der Waals surface area (Å²) in [7, 11) is 0. The Labute approximate surface area is 114 Å². The van der Waals surface area contributed by atoms with E-state index in [0.717, 1.165) is 23.0 Å². The second-order valence-electron chi connectivity index (χ2n) is 4.13. The maximum Gasteiger partial charge on any atom is 0.298 e. The molecule has 96 valence electrons. The fraction of sp³-hybridized carbons (Fsp3) is 0.143. The Hall–Kier alpha value is -2.14. The van der Waals surface area contributed by atoms with Crippen molar-refractivity contribution in [3.63, 3.8) is 0 Å². The molecule has 5 heteroatoms. The first-order valence-corrected chi connectivity index (χ1v) is 6.75. The van der Waals surface area contributed by atoms with Crippen molar-refractivity contribution in [1.29, 1.82) is 0 Å². The monoisotopic (exact) mass is 272 g/mol. The van der Waals surface area contributed by atoms with Gasteiger partial charge in [-0.1, -0.05) is 19.1 Å². The highest BCUT2D eigenvalue weighted by Crippen LogP contribution is 2.28. The van der Waals surface area contributed by atoms with Gasteiger partial charge in [0.05, 0.1) is 0 Å². The van der Waals surface area contributed by atoms with Gasteiger partial charge in [-0.05, 0) is 35.0 Å². The van der Waals surface area contributed by atoms with Crippen LogP contribution in [0.5, 0.6) is 16.7 Å². The number of rotatable bonds is 3. The highest BCUT2D eigenvalue weighted by atomic mass is 32.1. The minimum Gasteiger partial charge on any atom is -0.508 e. The van der Waals surface area contributed by atoms with Crippen LogP contribution in [0.25, 0.3) is 10.8 Å². The summed E-state index contributed by atoms with van der Waals surface area (Å²) in [5.41, 5.74) is 0. The zero-order chi connectivity index (χ0) is 13.2. The molecule has 0 unspecified atom stereocenters. The lowest BCUT2D eigenvalue weighted by Crippen LogP contribution is -1.85. The smallest absolute Gasteiger partial charge is 0.298 e. The summed E-state index contributed by atoms with van der Waals surface area (Å²) in [5.74, 6) is 1.73. The van der Waals surface area contributed by atoms with Crippen molar-refractivity contribution in [3.8, 4) is 16.7 Å². The van der Waals surface area contributed by atoms with Crippen molar-refractivity contribution < 1.29 is 9.84 Å². The number of benzene rings is 2. The summed E-state index contributed by atoms with van der Waals surface area (Å²) in [6.45, 7) is 2.00. The first kappa shape index (κ1) is 11.9. The standard InChI is InChI=1S/C14H12N2O2S/c1-2-13-15-14(19-16-13)18-12-6-4-9-3-5-11(17)7-10(9)8-12/h3-8,17H,2H2,1H3. The Morgan fingerprint density at radius 1 is 1.16 bits per heavy atom. The second-order valence-corrected chi connectivity index (χ2v) is 4.84. The van der Waals surface area contributed by atoms with Crippen LogP contribution in [0.1, 0.15) is 12.7 Å². The molecule has 2 aromatic carbocycles. The van der Waals surface area contributed by atoms with Crippen LogP contribution < -0.4 is 4.74 Å². The summed E-state index contributed by atoms with van der Waals surface area (Å²) in [6, 6.07) is 11.0. The summed E-state index contributed by atoms with van der Waals surface area (Å²) in [4.78, 5) is 4.26. The molecule has 0 aliphatic rings. The topological polar surface area (TPSA) is 55.2 Å². The summed E-state index contributed by atoms with van der Waals surface area (Å²) in [6.07, 6.45) is 0.797. The van der Waals surface area contributed by atoms with E-state index in [4.69, 9.17) is 4.74 Å². The number of phenols is 1. The van der Waals surface area contributed by atoms with E-state index >= 15 is 0 Å². The van der Waals surface area contributed by atoms with E-state index in [1.165, 1.54) is 11.5 Å². The van der Waals surface area contributed by atoms with Crippen LogP contribution in [0.2, 0.25) is 0 Å². The van der Waals surface area contributed by atoms with Gasteiger partial charge in [0.25, 0.3) is 5.19 Å². The van der Waals surface area contributed by atoms with E-state index in [9.17, 15) is 5.11 Å². The molecule has 1 N–H and O–H groups in total. The quantitative estimate of drug-likeness (QED) is 0.789. The molecule has 0 saturated carbocycles. The lowest BCUT2D eigenvalue weighted by atomic mass is 10.1. The predicted molar refractivity (Wildman–Crippen MR) is 75.0 cm³/mol. The third-order valence-corrected chi connectivity index (χ3v) is 3.40. The lowest BCUT2D eigenvalue weighted by Gasteiger charge is -2.03. The van der Waals surface area contributed by atoms with Gasteiger partial charge in [0.2, 0.25) is 0 Å². The van der Waals surface area contributed by atoms with Gasteiger partial charge in [0.1, 0.15) is 17.3 Å². The molecule has 0 amide bonds. The Kier molecular flexibility index (Phi) is 3.05. The van der Waals surface area contributed by atoms with Gasteiger partial charge in [-0.15, -0.1) is 0 Å². The average molecular weight is 272 g/mol. The van der Waals surface area contributed by atoms with Gasteiger partial charge >= 0.3 is 0 Å². The number of hydrogen-bond acceptors (Lipinski definition) is 5. The summed E-state index contributed by atoms with van der Waals surface area (Å²) < 4.78 is 9.84. The Morgan fingerprint density at radius 3 is 2.79 bits per heavy atom. The van der Waals surface area contributed by atoms with Crippen LogP contribution >= 0.6 is 11.5 Å². The number of phenolic OH excluding ortho intramolecular Hbond substituents is 1. The van der Waals surface area contributed by atoms with Gasteiger partial charge in [0.15, 0.2) is 0 Å². The molecule has 0 fully saturated rings. The maximum absolute atomic E-state index is 9.49. The zero-order valence-corrected chi connectivity index (χ0v) is 11.1. The van der Waals surface area contributed by atoms with Crippen molar-refractivity contribution in [2.45, 2.75) is 13.3 Å². The average Bonchev–Trinajstić information content (AvgIpc) is 2.86. The predicted octanol–water partition coefficient (Wildman–Crippen LogP) is 3.75. The molecule has 0 bridgehead atoms. The number of hydrogen-bond donors (Lipinski definition) is 1. The molecular formula is C14H12N2O2S. The molecule has 3 rings (SSSR count). The molecule has 0 radical (unpaired) electrons. The van der Waals surface area contributed by atoms with E-state index in [2.05, 4.69) is 9.36 Å². The van der Waals surface area contributed by atoms with Crippen LogP contribution in [0.4, 0.5) is 0 Å². The van der Waals surface area contributed by atoms with Crippen molar-refractivity contribution in [1.82, 2.24) is 9.36 Å². The van der Waals surface area contributed by atoms with Crippen LogP contribution in [-0.4, -0.2) is 14.5 Å². The molecule has 1 heterocycles. The lowest BCUT2D eigenvalue weighted by molar-refractivity contribution is 0.475. The normalized spacial score (nSPS) is 10.8. The number of nitrogens with zero attached hydrogens (tertiary/aromatic N) is 2. The number of aromatic nitrogens is 2. The fourth-order valence-corrected chi connectivity index (χ4v) is 2.43. The zero-order valence-electron chi connectivity index (χ0n) is 10.3. The third kappa shape index (κ3) is 2.51. The van der Waals surface area contributed by atoms with E-state index in [-0.39, 0.29) is 5.75 Å². The van der Waals surface area contributed by atoms with Gasteiger partial charge < -0.3 is 9.84 Å². The highest BCUT2D eigenvalue weighted by molar-refractivity contribution is 7.07. The van der Waals surface area contributed by atoms with Crippen molar-refractivity contribution in [2.24, 2.45) is 0 Å². The fourth-order valence-electron chi connectivity index (χ4n) is 1.80. The van der Waals surface area contributed by atoms with Crippen LogP contribution in [-0.2, 0) is 6.42 Å². The molecule has 0 spiro atoms. The highest BCUT2D eigenvalue weighted by Gasteiger charge is 2.05. The minimum atomic E-state index is 0.244. The van der Waals surface area contributed by atoms with Crippen molar-refractivity contribution >= 4 is 22.3 Å². The Bertz CT molecular complexity index is 724. The Balaban J connectivity index is 1.92. The number of aryl methyl sites for hydroxylation is 1. The van der Waals surface area contributed by atoms with Crippen molar-refractivity contribution in [3.05, 3.63) is 42.2 Å². The first-order chi connectivity index (χ1) is 9.24. The van der Waals surface area contributed by atoms with Gasteiger partial charge in [-0.2, -0.15) is 9.36 Å². The summed E-state index contributed by atoms with van der Waals surface area (Å²) >= 11 is 1.24. The van der Waals surface area contributed by atoms with E-state index in [1.807, 2.05) is 31.2 Å². The van der Waals surface area contributed by atoms with Crippen LogP contribution in [0.15, 0.2) is 36.4 Å². The SMILES string of the molecule is CCc1nsc(Oc2ccc3ccc(O)cc3c2)n1. The van der Waals surface area contributed by atoms with E-state index < -0.39 is 0 Å². The van der Waals surface area contributed by atoms with Crippen LogP contribution in [0.3, 0.4) is 0 Å². The van der Waals surface area contributed by atoms with E-state index in [1.54, 1.807) is 12.1 Å². The second kappa shape index (κ2) is 4.85. The maximum atomic E-state index is 9.49. The molecule has 0 aliphatic carbocycles. The molecule has 0 atom stereocenters. The van der Waals surface area contributed by atoms with Gasteiger partial charge in [-0.3, -0.25) is 0 Å². The van der Waals surface area contributed by atoms with Gasteiger partial charge in [0, 0.05) is 18.0 Å². The van der Waals surface area contributed by atoms with E-state index in [0.29, 0.717) is 10.9 Å². The minimum absolute atomic E-state index is 0.244. The molecule has 4 nitrogen and oxygen atoms in total. The number of aromatic hydroxyl groups is 1. The third-order valence-electron chi connectivity index (χ3n) is 2.77. The molecule has 1 aromatic heterocycles. The van der Waals surface area contributed by atoms with Crippen LogP contribution in [0, 0.1) is 0 Å². The molecule has 19 heavy (non-hydrogen) atoms. The largest absolute Gasteiger partial charge is 0.508 e.